The first-order valence-corrected chi connectivity index (χ1v) is 7.04. The SMILES string of the molecule is CCNC(=O)C1CC(Cc2cc(F)cc(F)c2)CCN1. The Bertz CT molecular complexity index is 459. The van der Waals surface area contributed by atoms with Crippen LogP contribution in [0.4, 0.5) is 8.78 Å². The van der Waals surface area contributed by atoms with E-state index in [1.165, 1.54) is 12.1 Å². The normalized spacial score (nSPS) is 22.6. The number of hydrogen-bond acceptors (Lipinski definition) is 2. The lowest BCUT2D eigenvalue weighted by molar-refractivity contribution is -0.123. The summed E-state index contributed by atoms with van der Waals surface area (Å²) < 4.78 is 26.3. The summed E-state index contributed by atoms with van der Waals surface area (Å²) in [5.74, 6) is -0.823. The van der Waals surface area contributed by atoms with Crippen LogP contribution in [0.25, 0.3) is 0 Å². The van der Waals surface area contributed by atoms with E-state index in [2.05, 4.69) is 10.6 Å². The van der Waals surface area contributed by atoms with E-state index in [1.807, 2.05) is 6.92 Å². The molecule has 0 radical (unpaired) electrons. The Morgan fingerprint density at radius 3 is 2.70 bits per heavy atom. The summed E-state index contributed by atoms with van der Waals surface area (Å²) in [7, 11) is 0. The van der Waals surface area contributed by atoms with Crippen LogP contribution in [0.3, 0.4) is 0 Å². The molecule has 2 unspecified atom stereocenters. The van der Waals surface area contributed by atoms with Crippen LogP contribution < -0.4 is 10.6 Å². The van der Waals surface area contributed by atoms with Crippen molar-refractivity contribution >= 4 is 5.91 Å². The van der Waals surface area contributed by atoms with Crippen molar-refractivity contribution in [2.24, 2.45) is 5.92 Å². The second kappa shape index (κ2) is 6.79. The number of nitrogens with one attached hydrogen (secondary N) is 2. The average molecular weight is 282 g/mol. The second-order valence-electron chi connectivity index (χ2n) is 5.27. The molecule has 0 aromatic heterocycles. The molecule has 110 valence electrons. The van der Waals surface area contributed by atoms with Gasteiger partial charge in [-0.2, -0.15) is 0 Å². The van der Waals surface area contributed by atoms with E-state index in [4.69, 9.17) is 0 Å². The van der Waals surface area contributed by atoms with Crippen molar-refractivity contribution in [2.75, 3.05) is 13.1 Å². The Labute approximate surface area is 117 Å². The molecule has 1 aliphatic heterocycles. The average Bonchev–Trinajstić information content (AvgIpc) is 2.38. The maximum absolute atomic E-state index is 13.2. The monoisotopic (exact) mass is 282 g/mol. The highest BCUT2D eigenvalue weighted by atomic mass is 19.1. The molecule has 20 heavy (non-hydrogen) atoms. The van der Waals surface area contributed by atoms with Gasteiger partial charge in [0.25, 0.3) is 0 Å². The van der Waals surface area contributed by atoms with Crippen molar-refractivity contribution in [3.63, 3.8) is 0 Å². The number of benzene rings is 1. The van der Waals surface area contributed by atoms with Crippen molar-refractivity contribution in [2.45, 2.75) is 32.2 Å². The largest absolute Gasteiger partial charge is 0.355 e. The summed E-state index contributed by atoms with van der Waals surface area (Å²) in [6.45, 7) is 3.24. The molecule has 0 spiro atoms. The molecule has 1 saturated heterocycles. The quantitative estimate of drug-likeness (QED) is 0.887. The third-order valence-corrected chi connectivity index (χ3v) is 3.63. The Balaban J connectivity index is 1.97. The van der Waals surface area contributed by atoms with Crippen LogP contribution in [0.15, 0.2) is 18.2 Å². The van der Waals surface area contributed by atoms with Gasteiger partial charge < -0.3 is 10.6 Å². The first-order chi connectivity index (χ1) is 9.58. The van der Waals surface area contributed by atoms with Crippen LogP contribution in [0.5, 0.6) is 0 Å². The molecule has 0 bridgehead atoms. The van der Waals surface area contributed by atoms with Crippen molar-refractivity contribution in [3.05, 3.63) is 35.4 Å². The van der Waals surface area contributed by atoms with Crippen LogP contribution in [-0.2, 0) is 11.2 Å². The predicted octanol–water partition coefficient (Wildman–Crippen LogP) is 2.01. The molecule has 1 aliphatic rings. The standard InChI is InChI=1S/C15H20F2N2O/c1-2-18-15(20)14-8-10(3-4-19-14)5-11-6-12(16)9-13(17)7-11/h6-7,9-10,14,19H,2-5,8H2,1H3,(H,18,20). The van der Waals surface area contributed by atoms with E-state index >= 15 is 0 Å². The summed E-state index contributed by atoms with van der Waals surface area (Å²) in [6, 6.07) is 3.41. The Hall–Kier alpha value is -1.49. The summed E-state index contributed by atoms with van der Waals surface area (Å²) >= 11 is 0. The lowest BCUT2D eigenvalue weighted by Crippen LogP contribution is -2.49. The van der Waals surface area contributed by atoms with Gasteiger partial charge in [-0.15, -0.1) is 0 Å². The van der Waals surface area contributed by atoms with Crippen LogP contribution in [-0.4, -0.2) is 25.0 Å². The lowest BCUT2D eigenvalue weighted by Gasteiger charge is -2.29. The van der Waals surface area contributed by atoms with Gasteiger partial charge in [0.15, 0.2) is 0 Å². The van der Waals surface area contributed by atoms with Gasteiger partial charge in [-0.1, -0.05) is 0 Å². The van der Waals surface area contributed by atoms with Gasteiger partial charge in [0.1, 0.15) is 11.6 Å². The fraction of sp³-hybridized carbons (Fsp3) is 0.533. The summed E-state index contributed by atoms with van der Waals surface area (Å²) in [6.07, 6.45) is 2.21. The van der Waals surface area contributed by atoms with Gasteiger partial charge in [-0.25, -0.2) is 8.78 Å². The molecule has 1 fully saturated rings. The second-order valence-corrected chi connectivity index (χ2v) is 5.27. The minimum Gasteiger partial charge on any atom is -0.355 e. The smallest absolute Gasteiger partial charge is 0.237 e. The van der Waals surface area contributed by atoms with Crippen LogP contribution >= 0.6 is 0 Å². The van der Waals surface area contributed by atoms with Crippen LogP contribution in [0.1, 0.15) is 25.3 Å². The summed E-state index contributed by atoms with van der Waals surface area (Å²) in [4.78, 5) is 11.8. The molecule has 2 N–H and O–H groups in total. The molecule has 1 aromatic carbocycles. The van der Waals surface area contributed by atoms with E-state index in [0.29, 0.717) is 24.9 Å². The van der Waals surface area contributed by atoms with Crippen molar-refractivity contribution < 1.29 is 13.6 Å². The first-order valence-electron chi connectivity index (χ1n) is 7.04. The number of likely N-dealkylation sites (N-methyl/N-ethyl adjacent to an activating group) is 1. The minimum atomic E-state index is -0.547. The van der Waals surface area contributed by atoms with Crippen LogP contribution in [0.2, 0.25) is 0 Å². The van der Waals surface area contributed by atoms with Gasteiger partial charge in [-0.05, 0) is 56.3 Å². The molecule has 1 heterocycles. The Morgan fingerprint density at radius 1 is 1.35 bits per heavy atom. The number of rotatable bonds is 4. The van der Waals surface area contributed by atoms with E-state index in [-0.39, 0.29) is 17.9 Å². The Morgan fingerprint density at radius 2 is 2.05 bits per heavy atom. The number of amides is 1. The minimum absolute atomic E-state index is 0.00243. The molecular weight excluding hydrogens is 262 g/mol. The highest BCUT2D eigenvalue weighted by Crippen LogP contribution is 2.22. The van der Waals surface area contributed by atoms with Crippen molar-refractivity contribution in [1.29, 1.82) is 0 Å². The summed E-state index contributed by atoms with van der Waals surface area (Å²) in [5, 5.41) is 5.98. The fourth-order valence-corrected chi connectivity index (χ4v) is 2.74. The highest BCUT2D eigenvalue weighted by molar-refractivity contribution is 5.81. The van der Waals surface area contributed by atoms with E-state index in [9.17, 15) is 13.6 Å². The van der Waals surface area contributed by atoms with Crippen molar-refractivity contribution in [1.82, 2.24) is 10.6 Å². The van der Waals surface area contributed by atoms with E-state index in [1.54, 1.807) is 0 Å². The van der Waals surface area contributed by atoms with Gasteiger partial charge in [0.2, 0.25) is 5.91 Å². The molecule has 5 heteroatoms. The zero-order valence-electron chi connectivity index (χ0n) is 11.6. The number of carbonyl (C=O) groups is 1. The summed E-state index contributed by atoms with van der Waals surface area (Å²) in [5.41, 5.74) is 0.657. The molecule has 1 aromatic rings. The molecule has 0 saturated carbocycles. The van der Waals surface area contributed by atoms with Gasteiger partial charge >= 0.3 is 0 Å². The Kier molecular flexibility index (Phi) is 5.06. The molecular formula is C15H20F2N2O. The number of halogens is 2. The lowest BCUT2D eigenvalue weighted by atomic mass is 9.87. The van der Waals surface area contributed by atoms with Crippen molar-refractivity contribution in [3.8, 4) is 0 Å². The third kappa shape index (κ3) is 4.00. The zero-order valence-corrected chi connectivity index (χ0v) is 11.6. The van der Waals surface area contributed by atoms with Crippen LogP contribution in [0, 0.1) is 17.6 Å². The number of carbonyl (C=O) groups excluding carboxylic acids is 1. The molecule has 0 aliphatic carbocycles. The maximum atomic E-state index is 13.2. The highest BCUT2D eigenvalue weighted by Gasteiger charge is 2.26. The molecule has 2 atom stereocenters. The third-order valence-electron chi connectivity index (χ3n) is 3.63. The molecule has 3 nitrogen and oxygen atoms in total. The topological polar surface area (TPSA) is 41.1 Å². The number of piperidine rings is 1. The van der Waals surface area contributed by atoms with Gasteiger partial charge in [0, 0.05) is 12.6 Å². The van der Waals surface area contributed by atoms with Gasteiger partial charge in [-0.3, -0.25) is 4.79 Å². The molecule has 2 rings (SSSR count). The van der Waals surface area contributed by atoms with E-state index in [0.717, 1.165) is 19.0 Å². The fourth-order valence-electron chi connectivity index (χ4n) is 2.74. The predicted molar refractivity (Wildman–Crippen MR) is 73.3 cm³/mol. The zero-order chi connectivity index (χ0) is 14.5. The van der Waals surface area contributed by atoms with E-state index < -0.39 is 11.6 Å². The van der Waals surface area contributed by atoms with Gasteiger partial charge in [0.05, 0.1) is 6.04 Å². The maximum Gasteiger partial charge on any atom is 0.237 e. The molecule has 1 amide bonds. The number of hydrogen-bond donors (Lipinski definition) is 2. The first kappa shape index (κ1) is 14.9.